The van der Waals surface area contributed by atoms with Crippen LogP contribution in [0.3, 0.4) is 0 Å². The van der Waals surface area contributed by atoms with E-state index in [4.69, 9.17) is 0 Å². The van der Waals surface area contributed by atoms with Gasteiger partial charge in [0.05, 0.1) is 6.04 Å². The van der Waals surface area contributed by atoms with Crippen LogP contribution in [0.2, 0.25) is 0 Å². The number of urea groups is 1. The minimum atomic E-state index is -0.963. The number of anilines is 1. The fourth-order valence-electron chi connectivity index (χ4n) is 3.36. The molecule has 2 amide bonds. The summed E-state index contributed by atoms with van der Waals surface area (Å²) >= 11 is 0. The second-order valence-corrected chi connectivity index (χ2v) is 6.33. The monoisotopic (exact) mass is 371 g/mol. The minimum absolute atomic E-state index is 0.387. The van der Waals surface area contributed by atoms with E-state index in [-0.39, 0.29) is 0 Å². The van der Waals surface area contributed by atoms with Crippen molar-refractivity contribution in [2.75, 3.05) is 11.9 Å². The van der Waals surface area contributed by atoms with Gasteiger partial charge in [0.25, 0.3) is 0 Å². The van der Waals surface area contributed by atoms with Gasteiger partial charge in [0.1, 0.15) is 5.82 Å². The maximum Gasteiger partial charge on any atom is 0.322 e. The molecule has 1 atom stereocenters. The lowest BCUT2D eigenvalue weighted by Crippen LogP contribution is -2.44. The number of nitrogens with one attached hydrogen (secondary N) is 1. The first-order valence-electron chi connectivity index (χ1n) is 8.46. The van der Waals surface area contributed by atoms with E-state index in [9.17, 15) is 18.0 Å². The summed E-state index contributed by atoms with van der Waals surface area (Å²) in [5.74, 6) is -2.30. The van der Waals surface area contributed by atoms with Gasteiger partial charge in [-0.3, -0.25) is 0 Å². The summed E-state index contributed by atoms with van der Waals surface area (Å²) in [5, 5.41) is 2.73. The van der Waals surface area contributed by atoms with Gasteiger partial charge in [0.2, 0.25) is 0 Å². The molecule has 1 aliphatic rings. The molecule has 0 saturated heterocycles. The molecule has 0 aliphatic carbocycles. The predicted octanol–water partition coefficient (Wildman–Crippen LogP) is 4.54. The highest BCUT2D eigenvalue weighted by Crippen LogP contribution is 2.33. The smallest absolute Gasteiger partial charge is 0.322 e. The van der Waals surface area contributed by atoms with Gasteiger partial charge >= 0.3 is 6.03 Å². The van der Waals surface area contributed by atoms with E-state index in [2.05, 4.69) is 5.32 Å². The summed E-state index contributed by atoms with van der Waals surface area (Å²) in [4.78, 5) is 14.4. The van der Waals surface area contributed by atoms with Crippen LogP contribution in [0.4, 0.5) is 23.7 Å². The normalized spacial score (nSPS) is 16.1. The first-order chi connectivity index (χ1) is 13.0. The molecule has 4 rings (SSSR count). The van der Waals surface area contributed by atoms with Gasteiger partial charge in [0, 0.05) is 30.7 Å². The number of aromatic nitrogens is 1. The topological polar surface area (TPSA) is 37.3 Å². The SMILES string of the molecule is O=C(Nc1ccc(F)cc1)N1CCn2cccc2[C@H]1c1ccc(F)c(F)c1. The molecule has 0 spiro atoms. The lowest BCUT2D eigenvalue weighted by atomic mass is 10.00. The Kier molecular flexibility index (Phi) is 4.35. The van der Waals surface area contributed by atoms with Gasteiger partial charge in [-0.2, -0.15) is 0 Å². The number of nitrogens with zero attached hydrogens (tertiary/aromatic N) is 2. The molecule has 1 aromatic heterocycles. The molecule has 0 radical (unpaired) electrons. The molecule has 0 saturated carbocycles. The van der Waals surface area contributed by atoms with Gasteiger partial charge in [-0.15, -0.1) is 0 Å². The average molecular weight is 371 g/mol. The minimum Gasteiger partial charge on any atom is -0.348 e. The lowest BCUT2D eigenvalue weighted by Gasteiger charge is -2.37. The van der Waals surface area contributed by atoms with Crippen LogP contribution < -0.4 is 5.32 Å². The second kappa shape index (κ2) is 6.83. The zero-order valence-corrected chi connectivity index (χ0v) is 14.2. The maximum absolute atomic E-state index is 13.8. The summed E-state index contributed by atoms with van der Waals surface area (Å²) < 4.78 is 42.2. The van der Waals surface area contributed by atoms with Gasteiger partial charge in [-0.1, -0.05) is 6.07 Å². The van der Waals surface area contributed by atoms with Crippen molar-refractivity contribution in [1.29, 1.82) is 0 Å². The number of fused-ring (bicyclic) bond motifs is 1. The zero-order valence-electron chi connectivity index (χ0n) is 14.2. The van der Waals surface area contributed by atoms with E-state index in [1.807, 2.05) is 22.9 Å². The number of hydrogen-bond acceptors (Lipinski definition) is 1. The molecular weight excluding hydrogens is 355 g/mol. The molecule has 27 heavy (non-hydrogen) atoms. The van der Waals surface area contributed by atoms with E-state index in [0.29, 0.717) is 24.3 Å². The third-order valence-electron chi connectivity index (χ3n) is 4.65. The van der Waals surface area contributed by atoms with Crippen molar-refractivity contribution >= 4 is 11.7 Å². The Morgan fingerprint density at radius 2 is 1.74 bits per heavy atom. The quantitative estimate of drug-likeness (QED) is 0.705. The number of carbonyl (C=O) groups is 1. The Hall–Kier alpha value is -3.22. The Morgan fingerprint density at radius 1 is 0.963 bits per heavy atom. The van der Waals surface area contributed by atoms with E-state index in [1.165, 1.54) is 30.3 Å². The Morgan fingerprint density at radius 3 is 2.48 bits per heavy atom. The molecule has 0 unspecified atom stereocenters. The molecule has 2 aromatic carbocycles. The third-order valence-corrected chi connectivity index (χ3v) is 4.65. The fourth-order valence-corrected chi connectivity index (χ4v) is 3.36. The zero-order chi connectivity index (χ0) is 19.0. The average Bonchev–Trinajstić information content (AvgIpc) is 3.14. The van der Waals surface area contributed by atoms with Gasteiger partial charge in [0.15, 0.2) is 11.6 Å². The van der Waals surface area contributed by atoms with Crippen molar-refractivity contribution < 1.29 is 18.0 Å². The van der Waals surface area contributed by atoms with Crippen LogP contribution in [-0.2, 0) is 6.54 Å². The predicted molar refractivity (Wildman–Crippen MR) is 94.8 cm³/mol. The molecular formula is C20H16F3N3O. The standard InChI is InChI=1S/C20H16F3N3O/c21-14-4-6-15(7-5-14)24-20(27)26-11-10-25-9-1-2-18(25)19(26)13-3-8-16(22)17(23)12-13/h1-9,12,19H,10-11H2,(H,24,27)/t19-/m1/s1. The van der Waals surface area contributed by atoms with Crippen LogP contribution in [0.15, 0.2) is 60.8 Å². The Bertz CT molecular complexity index is 984. The van der Waals surface area contributed by atoms with Crippen molar-refractivity contribution in [3.8, 4) is 0 Å². The Balaban J connectivity index is 1.68. The van der Waals surface area contributed by atoms with E-state index >= 15 is 0 Å². The van der Waals surface area contributed by atoms with Crippen molar-refractivity contribution in [2.24, 2.45) is 0 Å². The highest BCUT2D eigenvalue weighted by Gasteiger charge is 2.32. The molecule has 3 aromatic rings. The number of rotatable bonds is 2. The number of benzene rings is 2. The molecule has 2 heterocycles. The second-order valence-electron chi connectivity index (χ2n) is 6.33. The molecule has 7 heteroatoms. The van der Waals surface area contributed by atoms with E-state index in [1.54, 1.807) is 4.90 Å². The van der Waals surface area contributed by atoms with Crippen LogP contribution in [0.5, 0.6) is 0 Å². The van der Waals surface area contributed by atoms with Crippen molar-refractivity contribution in [2.45, 2.75) is 12.6 Å². The van der Waals surface area contributed by atoms with Crippen LogP contribution in [0.25, 0.3) is 0 Å². The van der Waals surface area contributed by atoms with Gasteiger partial charge < -0.3 is 14.8 Å². The third kappa shape index (κ3) is 3.28. The van der Waals surface area contributed by atoms with Crippen molar-refractivity contribution in [1.82, 2.24) is 9.47 Å². The number of amides is 2. The highest BCUT2D eigenvalue weighted by atomic mass is 19.2. The number of halogens is 3. The molecule has 1 aliphatic heterocycles. The van der Waals surface area contributed by atoms with Crippen LogP contribution in [-0.4, -0.2) is 22.0 Å². The first-order valence-corrected chi connectivity index (χ1v) is 8.46. The van der Waals surface area contributed by atoms with Crippen molar-refractivity contribution in [3.63, 3.8) is 0 Å². The van der Waals surface area contributed by atoms with Gasteiger partial charge in [-0.25, -0.2) is 18.0 Å². The summed E-state index contributed by atoms with van der Waals surface area (Å²) in [6.45, 7) is 0.970. The van der Waals surface area contributed by atoms with Crippen LogP contribution >= 0.6 is 0 Å². The summed E-state index contributed by atoms with van der Waals surface area (Å²) in [5.41, 5.74) is 1.73. The maximum atomic E-state index is 13.8. The molecule has 0 bridgehead atoms. The number of hydrogen-bond donors (Lipinski definition) is 1. The number of carbonyl (C=O) groups excluding carboxylic acids is 1. The summed E-state index contributed by atoms with van der Waals surface area (Å²) in [6, 6.07) is 11.8. The lowest BCUT2D eigenvalue weighted by molar-refractivity contribution is 0.181. The first kappa shape index (κ1) is 17.2. The molecule has 4 nitrogen and oxygen atoms in total. The summed E-state index contributed by atoms with van der Waals surface area (Å²) in [6.07, 6.45) is 1.89. The molecule has 0 fully saturated rings. The van der Waals surface area contributed by atoms with Gasteiger partial charge in [-0.05, 0) is 54.1 Å². The van der Waals surface area contributed by atoms with Crippen LogP contribution in [0, 0.1) is 17.5 Å². The fraction of sp³-hybridized carbons (Fsp3) is 0.150. The largest absolute Gasteiger partial charge is 0.348 e. The molecule has 1 N–H and O–H groups in total. The molecule has 138 valence electrons. The van der Waals surface area contributed by atoms with Crippen molar-refractivity contribution in [3.05, 3.63) is 89.5 Å². The van der Waals surface area contributed by atoms with E-state index in [0.717, 1.165) is 17.8 Å². The highest BCUT2D eigenvalue weighted by molar-refractivity contribution is 5.90. The summed E-state index contributed by atoms with van der Waals surface area (Å²) in [7, 11) is 0. The Labute approximate surface area is 153 Å². The van der Waals surface area contributed by atoms with E-state index < -0.39 is 29.5 Å². The van der Waals surface area contributed by atoms with Crippen LogP contribution in [0.1, 0.15) is 17.3 Å².